The van der Waals surface area contributed by atoms with E-state index in [1.54, 1.807) is 18.2 Å². The first-order chi connectivity index (χ1) is 14.2. The van der Waals surface area contributed by atoms with Crippen LogP contribution in [-0.2, 0) is 0 Å². The van der Waals surface area contributed by atoms with Gasteiger partial charge in [0, 0.05) is 6.54 Å². The van der Waals surface area contributed by atoms with Crippen molar-refractivity contribution in [1.29, 1.82) is 0 Å². The van der Waals surface area contributed by atoms with Gasteiger partial charge in [0.05, 0.1) is 0 Å². The van der Waals surface area contributed by atoms with Crippen molar-refractivity contribution in [3.63, 3.8) is 0 Å². The molecule has 0 bridgehead atoms. The molecule has 2 amide bonds. The monoisotopic (exact) mass is 404 g/mol. The highest BCUT2D eigenvalue weighted by atomic mass is 16.2. The summed E-state index contributed by atoms with van der Waals surface area (Å²) in [5.41, 5.74) is 5.60. The largest absolute Gasteiger partial charge is 0.384 e. The van der Waals surface area contributed by atoms with Crippen molar-refractivity contribution in [2.75, 3.05) is 17.6 Å². The summed E-state index contributed by atoms with van der Waals surface area (Å²) in [5.74, 6) is 0.884. The summed E-state index contributed by atoms with van der Waals surface area (Å²) in [6.45, 7) is 2.98. The number of amides is 2. The molecule has 0 spiro atoms. The van der Waals surface area contributed by atoms with Crippen molar-refractivity contribution < 1.29 is 4.79 Å². The van der Waals surface area contributed by atoms with Crippen molar-refractivity contribution in [1.82, 2.24) is 10.3 Å². The Morgan fingerprint density at radius 2 is 1.28 bits per heavy atom. The molecule has 166 valence electrons. The summed E-state index contributed by atoms with van der Waals surface area (Å²) in [4.78, 5) is 15.8. The van der Waals surface area contributed by atoms with Gasteiger partial charge in [0.25, 0.3) is 0 Å². The number of hydrogen-bond acceptors (Lipinski definition) is 3. The van der Waals surface area contributed by atoms with Crippen LogP contribution in [0.25, 0.3) is 0 Å². The normalized spacial score (nSPS) is 10.8. The lowest BCUT2D eigenvalue weighted by Gasteiger charge is -2.07. The van der Waals surface area contributed by atoms with E-state index in [0.717, 1.165) is 6.42 Å². The molecule has 0 saturated heterocycles. The fourth-order valence-electron chi connectivity index (χ4n) is 3.56. The highest BCUT2D eigenvalue weighted by Crippen LogP contribution is 2.13. The van der Waals surface area contributed by atoms with Crippen molar-refractivity contribution in [2.45, 2.75) is 110 Å². The van der Waals surface area contributed by atoms with Crippen molar-refractivity contribution in [3.05, 3.63) is 18.2 Å². The van der Waals surface area contributed by atoms with Gasteiger partial charge in [-0.25, -0.2) is 9.78 Å². The molecule has 1 heterocycles. The Hall–Kier alpha value is -1.78. The van der Waals surface area contributed by atoms with Crippen LogP contribution in [0.2, 0.25) is 0 Å². The van der Waals surface area contributed by atoms with Crippen molar-refractivity contribution >= 4 is 17.7 Å². The fraction of sp³-hybridized carbons (Fsp3) is 0.750. The maximum atomic E-state index is 11.8. The number of nitrogens with zero attached hydrogens (tertiary/aromatic N) is 1. The molecule has 1 rings (SSSR count). The molecule has 5 nitrogen and oxygen atoms in total. The zero-order valence-corrected chi connectivity index (χ0v) is 18.7. The predicted octanol–water partition coefficient (Wildman–Crippen LogP) is 7.05. The van der Waals surface area contributed by atoms with Crippen molar-refractivity contribution in [2.24, 2.45) is 0 Å². The molecule has 1 aromatic rings. The number of aromatic nitrogens is 1. The van der Waals surface area contributed by atoms with Gasteiger partial charge < -0.3 is 11.1 Å². The summed E-state index contributed by atoms with van der Waals surface area (Å²) < 4.78 is 0. The van der Waals surface area contributed by atoms with E-state index in [9.17, 15) is 4.79 Å². The number of anilines is 2. The number of hydrogen-bond donors (Lipinski definition) is 3. The molecule has 29 heavy (non-hydrogen) atoms. The van der Waals surface area contributed by atoms with Gasteiger partial charge in [0.2, 0.25) is 0 Å². The second-order valence-corrected chi connectivity index (χ2v) is 8.13. The number of nitrogen functional groups attached to an aromatic ring is 1. The van der Waals surface area contributed by atoms with Gasteiger partial charge in [-0.1, -0.05) is 109 Å². The standard InChI is InChI=1S/C24H44N4O/c1-2-3-4-5-6-7-8-9-10-11-12-13-14-15-16-17-21-26-24(29)28-23-20-18-19-22(25)27-23/h18-20H,2-17,21H2,1H3,(H4,25,26,27,28,29). The van der Waals surface area contributed by atoms with Crippen LogP contribution in [0.15, 0.2) is 18.2 Å². The molecule has 0 radical (unpaired) electrons. The second kappa shape index (κ2) is 18.3. The maximum Gasteiger partial charge on any atom is 0.320 e. The molecule has 4 N–H and O–H groups in total. The molecule has 1 aromatic heterocycles. The average molecular weight is 405 g/mol. The van der Waals surface area contributed by atoms with Crippen LogP contribution in [0, 0.1) is 0 Å². The molecule has 0 aliphatic carbocycles. The summed E-state index contributed by atoms with van der Waals surface area (Å²) in [5, 5.41) is 5.57. The van der Waals surface area contributed by atoms with E-state index in [1.165, 1.54) is 96.3 Å². The third-order valence-electron chi connectivity index (χ3n) is 5.33. The first kappa shape index (κ1) is 25.3. The van der Waals surface area contributed by atoms with Gasteiger partial charge in [0.15, 0.2) is 0 Å². The third kappa shape index (κ3) is 15.8. The number of unbranched alkanes of at least 4 members (excludes halogenated alkanes) is 15. The van der Waals surface area contributed by atoms with Crippen LogP contribution in [0.1, 0.15) is 110 Å². The van der Waals surface area contributed by atoms with Crippen LogP contribution < -0.4 is 16.4 Å². The quantitative estimate of drug-likeness (QED) is 0.229. The Bertz CT molecular complexity index is 521. The smallest absolute Gasteiger partial charge is 0.320 e. The molecular weight excluding hydrogens is 360 g/mol. The first-order valence-electron chi connectivity index (χ1n) is 12.0. The van der Waals surface area contributed by atoms with Crippen LogP contribution >= 0.6 is 0 Å². The summed E-state index contributed by atoms with van der Waals surface area (Å²) in [6.07, 6.45) is 21.7. The molecule has 0 fully saturated rings. The number of urea groups is 1. The Balaban J connectivity index is 1.78. The lowest BCUT2D eigenvalue weighted by atomic mass is 10.0. The van der Waals surface area contributed by atoms with Gasteiger partial charge in [0.1, 0.15) is 11.6 Å². The number of carbonyl (C=O) groups excluding carboxylic acids is 1. The van der Waals surface area contributed by atoms with Gasteiger partial charge in [-0.05, 0) is 18.6 Å². The van der Waals surface area contributed by atoms with Crippen LogP contribution in [0.4, 0.5) is 16.4 Å². The topological polar surface area (TPSA) is 80.0 Å². The molecule has 0 atom stereocenters. The van der Waals surface area contributed by atoms with E-state index >= 15 is 0 Å². The van der Waals surface area contributed by atoms with E-state index in [2.05, 4.69) is 22.5 Å². The highest BCUT2D eigenvalue weighted by molar-refractivity contribution is 5.88. The second-order valence-electron chi connectivity index (χ2n) is 8.13. The van der Waals surface area contributed by atoms with E-state index in [4.69, 9.17) is 5.73 Å². The summed E-state index contributed by atoms with van der Waals surface area (Å²) >= 11 is 0. The van der Waals surface area contributed by atoms with E-state index in [-0.39, 0.29) is 6.03 Å². The van der Waals surface area contributed by atoms with Gasteiger partial charge >= 0.3 is 6.03 Å². The van der Waals surface area contributed by atoms with E-state index in [0.29, 0.717) is 18.2 Å². The number of rotatable bonds is 18. The number of nitrogens with two attached hydrogens (primary N) is 1. The lowest BCUT2D eigenvalue weighted by Crippen LogP contribution is -2.29. The van der Waals surface area contributed by atoms with Gasteiger partial charge in [-0.3, -0.25) is 5.32 Å². The number of carbonyl (C=O) groups is 1. The predicted molar refractivity (Wildman–Crippen MR) is 125 cm³/mol. The molecular formula is C24H44N4O. The first-order valence-corrected chi connectivity index (χ1v) is 12.0. The summed E-state index contributed by atoms with van der Waals surface area (Å²) in [7, 11) is 0. The average Bonchev–Trinajstić information content (AvgIpc) is 2.70. The Morgan fingerprint density at radius 1 is 0.793 bits per heavy atom. The summed E-state index contributed by atoms with van der Waals surface area (Å²) in [6, 6.07) is 4.97. The lowest BCUT2D eigenvalue weighted by molar-refractivity contribution is 0.252. The van der Waals surface area contributed by atoms with Crippen LogP contribution in [0.3, 0.4) is 0 Å². The fourth-order valence-corrected chi connectivity index (χ4v) is 3.56. The van der Waals surface area contributed by atoms with Gasteiger partial charge in [-0.15, -0.1) is 0 Å². The zero-order chi connectivity index (χ0) is 21.0. The van der Waals surface area contributed by atoms with Gasteiger partial charge in [-0.2, -0.15) is 0 Å². The third-order valence-corrected chi connectivity index (χ3v) is 5.33. The van der Waals surface area contributed by atoms with Crippen LogP contribution in [0.5, 0.6) is 0 Å². The molecule has 5 heteroatoms. The number of pyridine rings is 1. The Labute approximate surface area is 178 Å². The minimum absolute atomic E-state index is 0.218. The minimum atomic E-state index is -0.218. The molecule has 0 aromatic carbocycles. The van der Waals surface area contributed by atoms with E-state index < -0.39 is 0 Å². The molecule has 0 aliphatic rings. The van der Waals surface area contributed by atoms with Crippen molar-refractivity contribution in [3.8, 4) is 0 Å². The van der Waals surface area contributed by atoms with E-state index in [1.807, 2.05) is 0 Å². The zero-order valence-electron chi connectivity index (χ0n) is 18.7. The van der Waals surface area contributed by atoms with Crippen LogP contribution in [-0.4, -0.2) is 17.6 Å². The number of nitrogens with one attached hydrogen (secondary N) is 2. The Morgan fingerprint density at radius 3 is 1.76 bits per heavy atom. The molecule has 0 unspecified atom stereocenters. The molecule has 0 saturated carbocycles. The molecule has 0 aliphatic heterocycles. The maximum absolute atomic E-state index is 11.8. The highest BCUT2D eigenvalue weighted by Gasteiger charge is 2.02. The Kier molecular flexibility index (Phi) is 15.9. The SMILES string of the molecule is CCCCCCCCCCCCCCCCCCNC(=O)Nc1cccc(N)n1. The minimum Gasteiger partial charge on any atom is -0.384 e.